The zero-order valence-electron chi connectivity index (χ0n) is 10.3. The van der Waals surface area contributed by atoms with Crippen LogP contribution in [0.1, 0.15) is 12.0 Å². The van der Waals surface area contributed by atoms with Crippen molar-refractivity contribution in [1.29, 1.82) is 0 Å². The highest BCUT2D eigenvalue weighted by Gasteiger charge is 2.21. The molecule has 1 aromatic carbocycles. The van der Waals surface area contributed by atoms with Gasteiger partial charge in [-0.3, -0.25) is 0 Å². The Labute approximate surface area is 107 Å². The van der Waals surface area contributed by atoms with Crippen molar-refractivity contribution in [2.45, 2.75) is 18.2 Å². The van der Waals surface area contributed by atoms with Gasteiger partial charge in [-0.1, -0.05) is 6.07 Å². The van der Waals surface area contributed by atoms with Crippen LogP contribution in [0.4, 0.5) is 5.69 Å². The summed E-state index contributed by atoms with van der Waals surface area (Å²) in [4.78, 5) is 0.251. The van der Waals surface area contributed by atoms with Gasteiger partial charge >= 0.3 is 0 Å². The second kappa shape index (κ2) is 5.26. The molecule has 1 aliphatic heterocycles. The molecule has 2 rings (SSSR count). The van der Waals surface area contributed by atoms with Crippen LogP contribution >= 0.6 is 0 Å². The van der Waals surface area contributed by atoms with E-state index in [9.17, 15) is 8.42 Å². The molecule has 0 radical (unpaired) electrons. The van der Waals surface area contributed by atoms with Crippen LogP contribution in [0.15, 0.2) is 23.1 Å². The van der Waals surface area contributed by atoms with Gasteiger partial charge in [0.1, 0.15) is 0 Å². The molecule has 1 aromatic rings. The summed E-state index contributed by atoms with van der Waals surface area (Å²) >= 11 is 0. The van der Waals surface area contributed by atoms with Crippen LogP contribution in [0.2, 0.25) is 0 Å². The lowest BCUT2D eigenvalue weighted by molar-refractivity contribution is 0.186. The van der Waals surface area contributed by atoms with Gasteiger partial charge in [0.2, 0.25) is 10.0 Å². The standard InChI is InChI=1S/C12H18N2O3S/c1-9-11(13)3-2-4-12(9)18(15,16)14-7-10-5-6-17-8-10/h2-4,10,14H,5-8,13H2,1H3. The number of hydrogen-bond acceptors (Lipinski definition) is 4. The zero-order chi connectivity index (χ0) is 13.2. The van der Waals surface area contributed by atoms with Crippen molar-refractivity contribution in [2.24, 2.45) is 5.92 Å². The van der Waals surface area contributed by atoms with E-state index in [1.54, 1.807) is 25.1 Å². The third kappa shape index (κ3) is 2.82. The minimum atomic E-state index is -3.49. The molecule has 0 saturated carbocycles. The molecule has 100 valence electrons. The van der Waals surface area contributed by atoms with Gasteiger partial charge in [-0.15, -0.1) is 0 Å². The van der Waals surface area contributed by atoms with Crippen LogP contribution in [-0.2, 0) is 14.8 Å². The van der Waals surface area contributed by atoms with Crippen LogP contribution in [0.5, 0.6) is 0 Å². The summed E-state index contributed by atoms with van der Waals surface area (Å²) in [6.07, 6.45) is 0.901. The molecule has 1 unspecified atom stereocenters. The Bertz CT molecular complexity index is 522. The largest absolute Gasteiger partial charge is 0.398 e. The molecule has 0 amide bonds. The van der Waals surface area contributed by atoms with E-state index in [4.69, 9.17) is 10.5 Å². The lowest BCUT2D eigenvalue weighted by Gasteiger charge is -2.12. The maximum Gasteiger partial charge on any atom is 0.240 e. The molecule has 1 aliphatic rings. The van der Waals surface area contributed by atoms with Crippen LogP contribution in [-0.4, -0.2) is 28.2 Å². The lowest BCUT2D eigenvalue weighted by atomic mass is 10.1. The second-order valence-corrected chi connectivity index (χ2v) is 6.29. The van der Waals surface area contributed by atoms with Gasteiger partial charge in [-0.05, 0) is 37.0 Å². The second-order valence-electron chi connectivity index (χ2n) is 4.55. The van der Waals surface area contributed by atoms with Crippen molar-refractivity contribution in [3.8, 4) is 0 Å². The number of nitrogens with one attached hydrogen (secondary N) is 1. The number of rotatable bonds is 4. The number of hydrogen-bond donors (Lipinski definition) is 2. The number of anilines is 1. The molecule has 0 bridgehead atoms. The number of benzene rings is 1. The van der Waals surface area contributed by atoms with E-state index in [2.05, 4.69) is 4.72 Å². The molecule has 0 spiro atoms. The Balaban J connectivity index is 2.12. The predicted molar refractivity (Wildman–Crippen MR) is 69.7 cm³/mol. The molecule has 6 heteroatoms. The predicted octanol–water partition coefficient (Wildman–Crippen LogP) is 0.892. The molecular weight excluding hydrogens is 252 g/mol. The van der Waals surface area contributed by atoms with Crippen molar-refractivity contribution in [3.63, 3.8) is 0 Å². The highest BCUT2D eigenvalue weighted by Crippen LogP contribution is 2.20. The van der Waals surface area contributed by atoms with Gasteiger partial charge in [0, 0.05) is 18.8 Å². The lowest BCUT2D eigenvalue weighted by Crippen LogP contribution is -2.30. The molecule has 5 nitrogen and oxygen atoms in total. The highest BCUT2D eigenvalue weighted by atomic mass is 32.2. The first-order valence-electron chi connectivity index (χ1n) is 5.93. The fourth-order valence-electron chi connectivity index (χ4n) is 1.97. The van der Waals surface area contributed by atoms with Crippen molar-refractivity contribution in [3.05, 3.63) is 23.8 Å². The molecule has 18 heavy (non-hydrogen) atoms. The van der Waals surface area contributed by atoms with Gasteiger partial charge in [0.25, 0.3) is 0 Å². The van der Waals surface area contributed by atoms with Crippen molar-refractivity contribution in [1.82, 2.24) is 4.72 Å². The zero-order valence-corrected chi connectivity index (χ0v) is 11.2. The quantitative estimate of drug-likeness (QED) is 0.796. The van der Waals surface area contributed by atoms with Crippen LogP contribution < -0.4 is 10.5 Å². The Morgan fingerprint density at radius 3 is 2.94 bits per heavy atom. The van der Waals surface area contributed by atoms with Crippen molar-refractivity contribution < 1.29 is 13.2 Å². The van der Waals surface area contributed by atoms with Gasteiger partial charge in [0.15, 0.2) is 0 Å². The van der Waals surface area contributed by atoms with E-state index in [1.165, 1.54) is 0 Å². The molecule has 1 saturated heterocycles. The first-order chi connectivity index (χ1) is 8.50. The summed E-state index contributed by atoms with van der Waals surface area (Å²) < 4.78 is 32.1. The smallest absolute Gasteiger partial charge is 0.240 e. The van der Waals surface area contributed by atoms with Crippen molar-refractivity contribution >= 4 is 15.7 Å². The fraction of sp³-hybridized carbons (Fsp3) is 0.500. The molecule has 1 heterocycles. The molecule has 3 N–H and O–H groups in total. The van der Waals surface area contributed by atoms with Crippen molar-refractivity contribution in [2.75, 3.05) is 25.5 Å². The van der Waals surface area contributed by atoms with Gasteiger partial charge in [-0.25, -0.2) is 13.1 Å². The minimum Gasteiger partial charge on any atom is -0.398 e. The Morgan fingerprint density at radius 2 is 2.28 bits per heavy atom. The van der Waals surface area contributed by atoms with Crippen LogP contribution in [0, 0.1) is 12.8 Å². The summed E-state index contributed by atoms with van der Waals surface area (Å²) in [6, 6.07) is 4.91. The molecular formula is C12H18N2O3S. The number of ether oxygens (including phenoxy) is 1. The first kappa shape index (κ1) is 13.3. The van der Waals surface area contributed by atoms with E-state index in [0.717, 1.165) is 6.42 Å². The normalized spacial score (nSPS) is 20.2. The summed E-state index contributed by atoms with van der Waals surface area (Å²) in [6.45, 7) is 3.46. The fourth-order valence-corrected chi connectivity index (χ4v) is 3.36. The molecule has 0 aromatic heterocycles. The minimum absolute atomic E-state index is 0.251. The molecule has 0 aliphatic carbocycles. The van der Waals surface area contributed by atoms with E-state index in [1.807, 2.05) is 0 Å². The number of nitrogens with two attached hydrogens (primary N) is 1. The third-order valence-corrected chi connectivity index (χ3v) is 4.77. The van der Waals surface area contributed by atoms with E-state index in [0.29, 0.717) is 31.0 Å². The third-order valence-electron chi connectivity index (χ3n) is 3.20. The first-order valence-corrected chi connectivity index (χ1v) is 7.41. The summed E-state index contributed by atoms with van der Waals surface area (Å²) in [7, 11) is -3.49. The topological polar surface area (TPSA) is 81.4 Å². The summed E-state index contributed by atoms with van der Waals surface area (Å²) in [5.41, 5.74) is 6.80. The van der Waals surface area contributed by atoms with Gasteiger partial charge in [-0.2, -0.15) is 0 Å². The Kier molecular flexibility index (Phi) is 3.89. The highest BCUT2D eigenvalue weighted by molar-refractivity contribution is 7.89. The molecule has 1 atom stereocenters. The van der Waals surface area contributed by atoms with Crippen LogP contribution in [0.25, 0.3) is 0 Å². The summed E-state index contributed by atoms with van der Waals surface area (Å²) in [5.74, 6) is 0.265. The van der Waals surface area contributed by atoms with Crippen LogP contribution in [0.3, 0.4) is 0 Å². The maximum absolute atomic E-state index is 12.2. The Morgan fingerprint density at radius 1 is 1.50 bits per heavy atom. The van der Waals surface area contributed by atoms with Gasteiger partial charge < -0.3 is 10.5 Å². The average molecular weight is 270 g/mol. The average Bonchev–Trinajstić information content (AvgIpc) is 2.83. The Hall–Kier alpha value is -1.11. The SMILES string of the molecule is Cc1c(N)cccc1S(=O)(=O)NCC1CCOC1. The van der Waals surface area contributed by atoms with Gasteiger partial charge in [0.05, 0.1) is 11.5 Å². The number of sulfonamides is 1. The number of nitrogen functional groups attached to an aromatic ring is 1. The summed E-state index contributed by atoms with van der Waals surface area (Å²) in [5, 5.41) is 0. The molecule has 1 fully saturated rings. The maximum atomic E-state index is 12.2. The van der Waals surface area contributed by atoms with E-state index >= 15 is 0 Å². The monoisotopic (exact) mass is 270 g/mol. The van der Waals surface area contributed by atoms with E-state index < -0.39 is 10.0 Å². The van der Waals surface area contributed by atoms with E-state index in [-0.39, 0.29) is 10.8 Å².